The fraction of sp³-hybridized carbons (Fsp3) is 0.727. The third kappa shape index (κ3) is 11.9. The van der Waals surface area contributed by atoms with Gasteiger partial charge in [-0.05, 0) is 32.1 Å². The molecule has 0 aliphatic carbocycles. The molecule has 0 spiro atoms. The average Bonchev–Trinajstić information content (AvgIpc) is 2.15. The monoisotopic (exact) mass is 310 g/mol. The van der Waals surface area contributed by atoms with Gasteiger partial charge in [0.1, 0.15) is 0 Å². The number of alkyl halides is 1. The lowest BCUT2D eigenvalue weighted by Gasteiger charge is -2.00. The number of hydrogen-bond acceptors (Lipinski definition) is 2. The third-order valence-electron chi connectivity index (χ3n) is 1.76. The van der Waals surface area contributed by atoms with Gasteiger partial charge in [0.15, 0.2) is 0 Å². The predicted molar refractivity (Wildman–Crippen MR) is 67.7 cm³/mol. The number of halogens is 1. The van der Waals surface area contributed by atoms with Gasteiger partial charge in [-0.1, -0.05) is 34.7 Å². The Morgan fingerprint density at radius 3 is 2.57 bits per heavy atom. The van der Waals surface area contributed by atoms with Crippen molar-refractivity contribution in [2.45, 2.75) is 39.0 Å². The molecule has 0 rings (SSSR count). The van der Waals surface area contributed by atoms with E-state index in [1.807, 2.05) is 0 Å². The zero-order valence-electron chi connectivity index (χ0n) is 8.80. The molecule has 0 aromatic heterocycles. The van der Waals surface area contributed by atoms with Crippen molar-refractivity contribution in [3.8, 4) is 0 Å². The lowest BCUT2D eigenvalue weighted by atomic mass is 10.2. The molecule has 2 nitrogen and oxygen atoms in total. The summed E-state index contributed by atoms with van der Waals surface area (Å²) >= 11 is 2.37. The fourth-order valence-corrected chi connectivity index (χ4v) is 1.42. The summed E-state index contributed by atoms with van der Waals surface area (Å²) in [6, 6.07) is 0. The Bertz CT molecular complexity index is 167. The second kappa shape index (κ2) is 11.0. The van der Waals surface area contributed by atoms with Crippen LogP contribution >= 0.6 is 22.6 Å². The number of carbonyl (C=O) groups is 1. The molecule has 82 valence electrons. The molecule has 0 aliphatic heterocycles. The molecule has 0 saturated heterocycles. The summed E-state index contributed by atoms with van der Waals surface area (Å²) in [6.07, 6.45) is 10.1. The van der Waals surface area contributed by atoms with Crippen LogP contribution in [0.1, 0.15) is 39.0 Å². The first-order valence-electron chi connectivity index (χ1n) is 5.11. The van der Waals surface area contributed by atoms with Gasteiger partial charge in [-0.3, -0.25) is 4.79 Å². The second-order valence-corrected chi connectivity index (χ2v) is 4.22. The highest BCUT2D eigenvalue weighted by Gasteiger charge is 1.91. The summed E-state index contributed by atoms with van der Waals surface area (Å²) in [5.74, 6) is -0.174. The molecule has 0 saturated carbocycles. The summed E-state index contributed by atoms with van der Waals surface area (Å²) in [5, 5.41) is 0. The number of esters is 1. The van der Waals surface area contributed by atoms with Gasteiger partial charge in [-0.15, -0.1) is 0 Å². The van der Waals surface area contributed by atoms with Crippen molar-refractivity contribution in [2.24, 2.45) is 0 Å². The van der Waals surface area contributed by atoms with Crippen molar-refractivity contribution >= 4 is 28.6 Å². The van der Waals surface area contributed by atoms with Gasteiger partial charge in [0, 0.05) is 11.4 Å². The number of allylic oxidation sites excluding steroid dienone is 2. The fourth-order valence-electron chi connectivity index (χ4n) is 1.06. The highest BCUT2D eigenvalue weighted by Crippen LogP contribution is 2.02. The molecule has 0 aromatic carbocycles. The molecular weight excluding hydrogens is 291 g/mol. The maximum absolute atomic E-state index is 10.4. The first-order valence-corrected chi connectivity index (χ1v) is 6.64. The molecule has 0 unspecified atom stereocenters. The van der Waals surface area contributed by atoms with E-state index in [9.17, 15) is 4.79 Å². The summed E-state index contributed by atoms with van der Waals surface area (Å²) in [4.78, 5) is 10.4. The van der Waals surface area contributed by atoms with E-state index in [1.165, 1.54) is 24.2 Å². The molecular formula is C11H19IO2. The van der Waals surface area contributed by atoms with Crippen LogP contribution in [0.15, 0.2) is 12.2 Å². The summed E-state index contributed by atoms with van der Waals surface area (Å²) in [6.45, 7) is 2.03. The first-order chi connectivity index (χ1) is 6.77. The van der Waals surface area contributed by atoms with Crippen molar-refractivity contribution in [1.29, 1.82) is 0 Å². The van der Waals surface area contributed by atoms with Crippen molar-refractivity contribution in [3.05, 3.63) is 12.2 Å². The molecule has 0 radical (unpaired) electrons. The largest absolute Gasteiger partial charge is 0.466 e. The van der Waals surface area contributed by atoms with Crippen molar-refractivity contribution in [1.82, 2.24) is 0 Å². The van der Waals surface area contributed by atoms with E-state index < -0.39 is 0 Å². The summed E-state index contributed by atoms with van der Waals surface area (Å²) < 4.78 is 6.02. The lowest BCUT2D eigenvalue weighted by Crippen LogP contribution is -1.99. The van der Waals surface area contributed by atoms with Crippen molar-refractivity contribution in [3.63, 3.8) is 0 Å². The highest BCUT2D eigenvalue weighted by molar-refractivity contribution is 14.1. The number of ether oxygens (including phenoxy) is 1. The molecule has 0 aromatic rings. The van der Waals surface area contributed by atoms with E-state index >= 15 is 0 Å². The summed E-state index contributed by atoms with van der Waals surface area (Å²) in [5.41, 5.74) is 0. The van der Waals surface area contributed by atoms with E-state index in [1.54, 1.807) is 0 Å². The SMILES string of the molecule is CC(=O)OCCCCC/C=C\CCI. The topological polar surface area (TPSA) is 26.3 Å². The Hall–Kier alpha value is -0.0600. The molecule has 0 amide bonds. The summed E-state index contributed by atoms with van der Waals surface area (Å²) in [7, 11) is 0. The number of carbonyl (C=O) groups excluding carboxylic acids is 1. The van der Waals surface area contributed by atoms with Crippen LogP contribution in [-0.4, -0.2) is 17.0 Å². The molecule has 0 fully saturated rings. The Morgan fingerprint density at radius 2 is 1.93 bits per heavy atom. The Balaban J connectivity index is 3.02. The van der Waals surface area contributed by atoms with Crippen LogP contribution in [-0.2, 0) is 9.53 Å². The highest BCUT2D eigenvalue weighted by atomic mass is 127. The quantitative estimate of drug-likeness (QED) is 0.225. The van der Waals surface area contributed by atoms with Crippen LogP contribution in [0.25, 0.3) is 0 Å². The standard InChI is InChI=1S/C11H19IO2/c1-11(13)14-10-8-6-4-2-3-5-7-9-12/h3,5H,2,4,6-10H2,1H3/b5-3-. The predicted octanol–water partition coefficient (Wildman–Crippen LogP) is 3.49. The Labute approximate surface area is 100 Å². The maximum atomic E-state index is 10.4. The molecule has 0 N–H and O–H groups in total. The van der Waals surface area contributed by atoms with E-state index in [4.69, 9.17) is 4.74 Å². The van der Waals surface area contributed by atoms with Crippen LogP contribution in [0.2, 0.25) is 0 Å². The molecule has 0 bridgehead atoms. The Morgan fingerprint density at radius 1 is 1.21 bits per heavy atom. The van der Waals surface area contributed by atoms with Crippen molar-refractivity contribution in [2.75, 3.05) is 11.0 Å². The smallest absolute Gasteiger partial charge is 0.302 e. The van der Waals surface area contributed by atoms with Crippen LogP contribution in [0.3, 0.4) is 0 Å². The zero-order chi connectivity index (χ0) is 10.6. The minimum atomic E-state index is -0.174. The zero-order valence-corrected chi connectivity index (χ0v) is 11.0. The van der Waals surface area contributed by atoms with Crippen LogP contribution in [0.5, 0.6) is 0 Å². The van der Waals surface area contributed by atoms with Crippen molar-refractivity contribution < 1.29 is 9.53 Å². The minimum absolute atomic E-state index is 0.174. The number of unbranched alkanes of at least 4 members (excludes halogenated alkanes) is 3. The van der Waals surface area contributed by atoms with Gasteiger partial charge >= 0.3 is 5.97 Å². The van der Waals surface area contributed by atoms with Crippen LogP contribution < -0.4 is 0 Å². The van der Waals surface area contributed by atoms with E-state index in [0.29, 0.717) is 6.61 Å². The maximum Gasteiger partial charge on any atom is 0.302 e. The third-order valence-corrected chi connectivity index (χ3v) is 2.39. The molecule has 0 heterocycles. The van der Waals surface area contributed by atoms with Gasteiger partial charge in [-0.25, -0.2) is 0 Å². The first kappa shape index (κ1) is 13.9. The van der Waals surface area contributed by atoms with Gasteiger partial charge < -0.3 is 4.74 Å². The Kier molecular flexibility index (Phi) is 11.0. The minimum Gasteiger partial charge on any atom is -0.466 e. The van der Waals surface area contributed by atoms with E-state index in [2.05, 4.69) is 34.7 Å². The van der Waals surface area contributed by atoms with Gasteiger partial charge in [0.2, 0.25) is 0 Å². The molecule has 3 heteroatoms. The molecule has 0 atom stereocenters. The second-order valence-electron chi connectivity index (χ2n) is 3.14. The molecule has 14 heavy (non-hydrogen) atoms. The van der Waals surface area contributed by atoms with Gasteiger partial charge in [0.05, 0.1) is 6.61 Å². The lowest BCUT2D eigenvalue weighted by molar-refractivity contribution is -0.141. The normalized spacial score (nSPS) is 10.7. The van der Waals surface area contributed by atoms with Gasteiger partial charge in [-0.2, -0.15) is 0 Å². The number of rotatable bonds is 8. The average molecular weight is 310 g/mol. The number of hydrogen-bond donors (Lipinski definition) is 0. The van der Waals surface area contributed by atoms with Crippen LogP contribution in [0.4, 0.5) is 0 Å². The van der Waals surface area contributed by atoms with E-state index in [-0.39, 0.29) is 5.97 Å². The molecule has 0 aliphatic rings. The van der Waals surface area contributed by atoms with Gasteiger partial charge in [0.25, 0.3) is 0 Å². The van der Waals surface area contributed by atoms with Crippen LogP contribution in [0, 0.1) is 0 Å². The van der Waals surface area contributed by atoms with E-state index in [0.717, 1.165) is 19.3 Å².